The third-order valence-corrected chi connectivity index (χ3v) is 10.2. The lowest BCUT2D eigenvalue weighted by atomic mass is 9.46. The number of carbonyl (C=O) groups is 3. The Morgan fingerprint density at radius 2 is 2.06 bits per heavy atom. The van der Waals surface area contributed by atoms with E-state index in [0.29, 0.717) is 6.42 Å². The molecule has 8 unspecified atom stereocenters. The molecule has 1 aliphatic heterocycles. The molecule has 4 aliphatic carbocycles. The van der Waals surface area contributed by atoms with Crippen molar-refractivity contribution in [2.75, 3.05) is 5.88 Å². The zero-order valence-electron chi connectivity index (χ0n) is 19.6. The van der Waals surface area contributed by atoms with E-state index >= 15 is 0 Å². The van der Waals surface area contributed by atoms with Crippen LogP contribution in [0.4, 0.5) is 0 Å². The smallest absolute Gasteiger partial charge is 0.375 e. The maximum Gasteiger partial charge on any atom is 0.375 e. The van der Waals surface area contributed by atoms with E-state index in [1.54, 1.807) is 24.3 Å². The zero-order valence-corrected chi connectivity index (χ0v) is 20.4. The normalized spacial score (nSPS) is 46.0. The first-order valence-electron chi connectivity index (χ1n) is 12.1. The van der Waals surface area contributed by atoms with E-state index < -0.39 is 17.0 Å². The third-order valence-electron chi connectivity index (χ3n) is 9.99. The molecule has 1 saturated heterocycles. The van der Waals surface area contributed by atoms with Crippen molar-refractivity contribution < 1.29 is 28.3 Å². The Morgan fingerprint density at radius 3 is 2.76 bits per heavy atom. The van der Waals surface area contributed by atoms with Crippen LogP contribution in [0.3, 0.4) is 0 Å². The maximum absolute atomic E-state index is 13.6. The molecule has 0 aromatic carbocycles. The van der Waals surface area contributed by atoms with Gasteiger partial charge in [0.2, 0.25) is 5.76 Å². The van der Waals surface area contributed by atoms with Gasteiger partial charge >= 0.3 is 5.97 Å². The van der Waals surface area contributed by atoms with E-state index in [2.05, 4.69) is 13.8 Å². The summed E-state index contributed by atoms with van der Waals surface area (Å²) in [5.41, 5.74) is -1.56. The summed E-state index contributed by atoms with van der Waals surface area (Å²) in [4.78, 5) is 38.8. The van der Waals surface area contributed by atoms with Crippen LogP contribution in [-0.4, -0.2) is 40.7 Å². The Bertz CT molecular complexity index is 1150. The van der Waals surface area contributed by atoms with Gasteiger partial charge < -0.3 is 13.9 Å². The van der Waals surface area contributed by atoms with Crippen LogP contribution in [0.5, 0.6) is 0 Å². The molecule has 7 heteroatoms. The Kier molecular flexibility index (Phi) is 4.55. The number of hydrogen-bond acceptors (Lipinski definition) is 6. The van der Waals surface area contributed by atoms with Gasteiger partial charge in [-0.05, 0) is 68.7 Å². The van der Waals surface area contributed by atoms with Gasteiger partial charge in [-0.1, -0.05) is 25.5 Å². The van der Waals surface area contributed by atoms with Crippen LogP contribution in [0, 0.1) is 28.6 Å². The van der Waals surface area contributed by atoms with Crippen LogP contribution in [0.2, 0.25) is 0 Å². The lowest BCUT2D eigenvalue weighted by Crippen LogP contribution is -2.63. The molecule has 6 rings (SSSR count). The highest BCUT2D eigenvalue weighted by Gasteiger charge is 2.82. The van der Waals surface area contributed by atoms with E-state index in [1.165, 1.54) is 6.26 Å². The van der Waals surface area contributed by atoms with Crippen molar-refractivity contribution >= 4 is 29.1 Å². The molecule has 5 aliphatic rings. The largest absolute Gasteiger partial charge is 0.457 e. The topological polar surface area (TPSA) is 86.1 Å². The number of Topliss-reactive ketones (excluding diaryl/α,β-unsaturated/α-hetero) is 1. The number of ether oxygens (including phenoxy) is 2. The molecule has 3 saturated carbocycles. The van der Waals surface area contributed by atoms with Crippen LogP contribution < -0.4 is 0 Å². The van der Waals surface area contributed by atoms with Crippen molar-refractivity contribution in [3.8, 4) is 0 Å². The minimum absolute atomic E-state index is 0.0335. The van der Waals surface area contributed by atoms with E-state index in [-0.39, 0.29) is 58.1 Å². The molecule has 1 aromatic heterocycles. The molecule has 0 radical (unpaired) electrons. The van der Waals surface area contributed by atoms with Crippen LogP contribution >= 0.6 is 11.6 Å². The number of esters is 1. The van der Waals surface area contributed by atoms with Gasteiger partial charge in [-0.15, -0.1) is 11.6 Å². The molecule has 180 valence electrons. The van der Waals surface area contributed by atoms with Gasteiger partial charge in [0, 0.05) is 16.7 Å². The molecule has 8 atom stereocenters. The quantitative estimate of drug-likeness (QED) is 0.351. The Hall–Kier alpha value is -2.18. The van der Waals surface area contributed by atoms with Crippen LogP contribution in [0.15, 0.2) is 46.6 Å². The Labute approximate surface area is 203 Å². The lowest BCUT2D eigenvalue weighted by Gasteiger charge is -2.56. The standard InChI is InChI=1S/C27H29ClO6/c1-15-11-19-18-7-6-16-12-17(29)8-9-24(16,2)27(18)22(33-27)13-25(19,3)26(15,21(30)14-28)34-23(31)20-5-4-10-32-20/h4-5,8-10,12,15,18-19,22H,6-7,11,13-14H2,1-3H3. The summed E-state index contributed by atoms with van der Waals surface area (Å²) in [5.74, 6) is -0.916. The van der Waals surface area contributed by atoms with Crippen LogP contribution in [0.1, 0.15) is 57.0 Å². The highest BCUT2D eigenvalue weighted by Crippen LogP contribution is 2.77. The molecular formula is C27H29ClO6. The van der Waals surface area contributed by atoms with Crippen molar-refractivity contribution in [3.05, 3.63) is 48.0 Å². The molecule has 6 nitrogen and oxygen atoms in total. The van der Waals surface area contributed by atoms with E-state index in [1.807, 2.05) is 13.0 Å². The van der Waals surface area contributed by atoms with Crippen LogP contribution in [-0.2, 0) is 19.1 Å². The Balaban J connectivity index is 1.43. The van der Waals surface area contributed by atoms with Crippen LogP contribution in [0.25, 0.3) is 0 Å². The summed E-state index contributed by atoms with van der Waals surface area (Å²) in [5, 5.41) is 0. The van der Waals surface area contributed by atoms with Gasteiger partial charge in [-0.2, -0.15) is 0 Å². The van der Waals surface area contributed by atoms with Crippen molar-refractivity contribution in [1.82, 2.24) is 0 Å². The molecular weight excluding hydrogens is 456 g/mol. The van der Waals surface area contributed by atoms with Gasteiger partial charge in [0.05, 0.1) is 18.2 Å². The summed E-state index contributed by atoms with van der Waals surface area (Å²) < 4.78 is 18.0. The predicted molar refractivity (Wildman–Crippen MR) is 123 cm³/mol. The van der Waals surface area contributed by atoms with Crippen molar-refractivity contribution in [3.63, 3.8) is 0 Å². The lowest BCUT2D eigenvalue weighted by molar-refractivity contribution is -0.162. The molecule has 4 fully saturated rings. The number of halogens is 1. The number of furan rings is 1. The maximum atomic E-state index is 13.6. The van der Waals surface area contributed by atoms with Gasteiger partial charge in [0.25, 0.3) is 0 Å². The van der Waals surface area contributed by atoms with E-state index in [0.717, 1.165) is 24.8 Å². The number of rotatable bonds is 4. The van der Waals surface area contributed by atoms with Gasteiger partial charge in [-0.3, -0.25) is 9.59 Å². The number of fused-ring (bicyclic) bond motifs is 3. The van der Waals surface area contributed by atoms with Gasteiger partial charge in [-0.25, -0.2) is 4.79 Å². The number of hydrogen-bond donors (Lipinski definition) is 0. The fraction of sp³-hybridized carbons (Fsp3) is 0.593. The first kappa shape index (κ1) is 22.3. The average molecular weight is 485 g/mol. The molecule has 0 amide bonds. The molecule has 0 bridgehead atoms. The number of carbonyl (C=O) groups excluding carboxylic acids is 3. The monoisotopic (exact) mass is 484 g/mol. The number of epoxide rings is 1. The second-order valence-electron chi connectivity index (χ2n) is 11.2. The minimum Gasteiger partial charge on any atom is -0.457 e. The molecule has 34 heavy (non-hydrogen) atoms. The number of alkyl halides is 1. The highest BCUT2D eigenvalue weighted by molar-refractivity contribution is 6.29. The second kappa shape index (κ2) is 6.94. The van der Waals surface area contributed by atoms with E-state index in [9.17, 15) is 14.4 Å². The fourth-order valence-electron chi connectivity index (χ4n) is 8.53. The molecule has 2 heterocycles. The van der Waals surface area contributed by atoms with E-state index in [4.69, 9.17) is 25.5 Å². The number of ketones is 2. The van der Waals surface area contributed by atoms with Crippen molar-refractivity contribution in [2.24, 2.45) is 28.6 Å². The summed E-state index contributed by atoms with van der Waals surface area (Å²) in [7, 11) is 0. The first-order chi connectivity index (χ1) is 16.1. The van der Waals surface area contributed by atoms with Crippen molar-refractivity contribution in [1.29, 1.82) is 0 Å². The molecule has 1 spiro atoms. The molecule has 1 aromatic rings. The highest BCUT2D eigenvalue weighted by atomic mass is 35.5. The van der Waals surface area contributed by atoms with Gasteiger partial charge in [0.1, 0.15) is 5.60 Å². The second-order valence-corrected chi connectivity index (χ2v) is 11.4. The molecule has 0 N–H and O–H groups in total. The third kappa shape index (κ3) is 2.44. The average Bonchev–Trinajstić information content (AvgIpc) is 3.17. The van der Waals surface area contributed by atoms with Crippen molar-refractivity contribution in [2.45, 2.75) is 63.8 Å². The fourth-order valence-corrected chi connectivity index (χ4v) is 8.73. The summed E-state index contributed by atoms with van der Waals surface area (Å²) >= 11 is 6.15. The minimum atomic E-state index is -1.35. The number of allylic oxidation sites excluding steroid dienone is 2. The Morgan fingerprint density at radius 1 is 1.26 bits per heavy atom. The first-order valence-corrected chi connectivity index (χ1v) is 12.7. The van der Waals surface area contributed by atoms with Gasteiger partial charge in [0.15, 0.2) is 17.2 Å². The zero-order chi connectivity index (χ0) is 24.1. The summed E-state index contributed by atoms with van der Waals surface area (Å²) in [6, 6.07) is 3.17. The predicted octanol–water partition coefficient (Wildman–Crippen LogP) is 4.67. The summed E-state index contributed by atoms with van der Waals surface area (Å²) in [6.45, 7) is 6.27. The SMILES string of the molecule is CC1CC2C3CCC4=CC(=O)C=CC4(C)C34OC4CC2(C)C1(OC(=O)c1ccco1)C(=O)CCl. The summed E-state index contributed by atoms with van der Waals surface area (Å²) in [6.07, 6.45) is 9.84.